The summed E-state index contributed by atoms with van der Waals surface area (Å²) in [5.41, 5.74) is 2.95. The summed E-state index contributed by atoms with van der Waals surface area (Å²) in [5, 5.41) is 18.4. The lowest BCUT2D eigenvalue weighted by Gasteiger charge is -2.58. The summed E-state index contributed by atoms with van der Waals surface area (Å²) in [5.74, 6) is 1.82. The molecule has 5 nitrogen and oxygen atoms in total. The number of aliphatic hydroxyl groups is 1. The average molecular weight is 399 g/mol. The van der Waals surface area contributed by atoms with Crippen molar-refractivity contribution in [3.8, 4) is 0 Å². The molecule has 4 fully saturated rings. The van der Waals surface area contributed by atoms with Crippen molar-refractivity contribution < 1.29 is 14.7 Å². The van der Waals surface area contributed by atoms with Gasteiger partial charge in [0.05, 0.1) is 12.3 Å². The molecular weight excluding hydrogens is 364 g/mol. The van der Waals surface area contributed by atoms with E-state index in [0.29, 0.717) is 23.5 Å². The number of nitrogens with one attached hydrogen (secondary N) is 1. The van der Waals surface area contributed by atoms with E-state index in [1.165, 1.54) is 5.57 Å². The van der Waals surface area contributed by atoms with E-state index < -0.39 is 0 Å². The van der Waals surface area contributed by atoms with Crippen LogP contribution in [0.15, 0.2) is 29.0 Å². The number of aliphatic hydroxyl groups excluding tert-OH is 1. The van der Waals surface area contributed by atoms with Gasteiger partial charge >= 0.3 is 0 Å². The topological polar surface area (TPSA) is 70.9 Å². The van der Waals surface area contributed by atoms with Gasteiger partial charge in [0.15, 0.2) is 0 Å². The first-order chi connectivity index (χ1) is 14.0. The second-order valence-corrected chi connectivity index (χ2v) is 10.3. The standard InChI is InChI=1S/C24H34N2O3/c1-15-11-18-19-3-4-22(28)23(19,2)8-6-20(18)24(14-27)9-5-16(12-21(15)24)26-29-17-7-10-25-13-17/h12,17-20,25,27H,1,3-11,13-14H2,2H3/t17?,18?,19?,20?,23-,24-/m0/s1. The maximum atomic E-state index is 12.6. The fourth-order valence-corrected chi connectivity index (χ4v) is 7.35. The number of ketones is 1. The Morgan fingerprint density at radius 3 is 2.90 bits per heavy atom. The number of allylic oxidation sites excluding steroid dienone is 2. The number of hydrogen-bond acceptors (Lipinski definition) is 5. The van der Waals surface area contributed by atoms with Gasteiger partial charge in [0, 0.05) is 30.2 Å². The molecule has 3 saturated carbocycles. The molecule has 2 N–H and O–H groups in total. The average Bonchev–Trinajstić information content (AvgIpc) is 3.35. The molecule has 0 aromatic rings. The third-order valence-electron chi connectivity index (χ3n) is 9.01. The third kappa shape index (κ3) is 2.88. The summed E-state index contributed by atoms with van der Waals surface area (Å²) >= 11 is 0. The summed E-state index contributed by atoms with van der Waals surface area (Å²) in [7, 11) is 0. The Balaban J connectivity index is 1.44. The number of fused-ring (bicyclic) bond motifs is 5. The Morgan fingerprint density at radius 2 is 2.14 bits per heavy atom. The second-order valence-electron chi connectivity index (χ2n) is 10.3. The van der Waals surface area contributed by atoms with E-state index in [2.05, 4.69) is 30.1 Å². The third-order valence-corrected chi connectivity index (χ3v) is 9.01. The first-order valence-corrected chi connectivity index (χ1v) is 11.5. The van der Waals surface area contributed by atoms with E-state index in [1.54, 1.807) is 0 Å². The van der Waals surface area contributed by atoms with Gasteiger partial charge in [-0.15, -0.1) is 0 Å². The largest absolute Gasteiger partial charge is 0.395 e. The van der Waals surface area contributed by atoms with Crippen molar-refractivity contribution >= 4 is 11.5 Å². The van der Waals surface area contributed by atoms with Crippen LogP contribution in [0.5, 0.6) is 0 Å². The molecule has 0 amide bonds. The molecule has 0 bridgehead atoms. The maximum Gasteiger partial charge on any atom is 0.141 e. The molecule has 158 valence electrons. The molecule has 5 rings (SSSR count). The highest BCUT2D eigenvalue weighted by molar-refractivity contribution is 5.97. The Kier molecular flexibility index (Phi) is 4.74. The molecule has 0 radical (unpaired) electrons. The smallest absolute Gasteiger partial charge is 0.141 e. The van der Waals surface area contributed by atoms with Crippen LogP contribution in [0.3, 0.4) is 0 Å². The molecule has 6 atom stereocenters. The molecule has 5 aliphatic rings. The molecule has 5 heteroatoms. The molecule has 1 saturated heterocycles. The Labute approximate surface area is 173 Å². The van der Waals surface area contributed by atoms with Gasteiger partial charge in [0.25, 0.3) is 0 Å². The number of carbonyl (C=O) groups excluding carboxylic acids is 1. The van der Waals surface area contributed by atoms with Crippen LogP contribution >= 0.6 is 0 Å². The van der Waals surface area contributed by atoms with Crippen LogP contribution in [-0.2, 0) is 9.63 Å². The number of carbonyl (C=O) groups is 1. The molecule has 1 aliphatic heterocycles. The molecule has 0 spiro atoms. The summed E-state index contributed by atoms with van der Waals surface area (Å²) < 4.78 is 0. The van der Waals surface area contributed by atoms with Crippen molar-refractivity contribution in [2.45, 2.75) is 64.4 Å². The van der Waals surface area contributed by atoms with Gasteiger partial charge in [0.2, 0.25) is 0 Å². The predicted octanol–water partition coefficient (Wildman–Crippen LogP) is 3.39. The summed E-state index contributed by atoms with van der Waals surface area (Å²) in [6, 6.07) is 0. The quantitative estimate of drug-likeness (QED) is 0.715. The van der Waals surface area contributed by atoms with E-state index in [0.717, 1.165) is 75.7 Å². The normalized spacial score (nSPS) is 45.6. The van der Waals surface area contributed by atoms with Crippen molar-refractivity contribution in [3.05, 3.63) is 23.8 Å². The van der Waals surface area contributed by atoms with Gasteiger partial charge in [0.1, 0.15) is 11.9 Å². The second kappa shape index (κ2) is 7.05. The summed E-state index contributed by atoms with van der Waals surface area (Å²) in [6.07, 6.45) is 9.77. The van der Waals surface area contributed by atoms with Crippen LogP contribution < -0.4 is 5.32 Å². The first kappa shape index (κ1) is 19.5. The number of oxime groups is 1. The van der Waals surface area contributed by atoms with Crippen LogP contribution in [-0.4, -0.2) is 42.4 Å². The molecule has 0 aromatic heterocycles. The van der Waals surface area contributed by atoms with E-state index >= 15 is 0 Å². The minimum absolute atomic E-state index is 0.149. The Bertz CT molecular complexity index is 781. The zero-order valence-corrected chi connectivity index (χ0v) is 17.6. The van der Waals surface area contributed by atoms with Gasteiger partial charge in [-0.3, -0.25) is 4.79 Å². The van der Waals surface area contributed by atoms with Crippen molar-refractivity contribution in [1.29, 1.82) is 0 Å². The lowest BCUT2D eigenvalue weighted by molar-refractivity contribution is -0.132. The Hall–Kier alpha value is -1.46. The van der Waals surface area contributed by atoms with E-state index in [1.807, 2.05) is 0 Å². The van der Waals surface area contributed by atoms with E-state index in [-0.39, 0.29) is 23.5 Å². The SMILES string of the molecule is C=C1CC2C(CC[C@]3(C)C(=O)CCC23)[C@@]2(CO)CCC(=NOC3CCNC3)C=C12. The summed E-state index contributed by atoms with van der Waals surface area (Å²) in [4.78, 5) is 18.4. The fraction of sp³-hybridized carbons (Fsp3) is 0.750. The molecule has 4 aliphatic carbocycles. The highest BCUT2D eigenvalue weighted by atomic mass is 16.6. The molecule has 4 unspecified atom stereocenters. The van der Waals surface area contributed by atoms with Crippen LogP contribution in [0.25, 0.3) is 0 Å². The molecular formula is C24H34N2O3. The van der Waals surface area contributed by atoms with Crippen LogP contribution in [0, 0.1) is 28.6 Å². The maximum absolute atomic E-state index is 12.6. The van der Waals surface area contributed by atoms with Gasteiger partial charge in [-0.25, -0.2) is 0 Å². The first-order valence-electron chi connectivity index (χ1n) is 11.5. The number of nitrogens with zero attached hydrogens (tertiary/aromatic N) is 1. The monoisotopic (exact) mass is 398 g/mol. The lowest BCUT2D eigenvalue weighted by atomic mass is 9.46. The Morgan fingerprint density at radius 1 is 1.28 bits per heavy atom. The minimum atomic E-state index is -0.221. The molecule has 0 aromatic carbocycles. The van der Waals surface area contributed by atoms with E-state index in [4.69, 9.17) is 4.84 Å². The van der Waals surface area contributed by atoms with Crippen molar-refractivity contribution in [2.24, 2.45) is 33.7 Å². The lowest BCUT2D eigenvalue weighted by Crippen LogP contribution is -2.53. The minimum Gasteiger partial charge on any atom is -0.395 e. The van der Waals surface area contributed by atoms with Crippen molar-refractivity contribution in [2.75, 3.05) is 19.7 Å². The summed E-state index contributed by atoms with van der Waals surface area (Å²) in [6.45, 7) is 8.66. The van der Waals surface area contributed by atoms with Gasteiger partial charge < -0.3 is 15.3 Å². The highest BCUT2D eigenvalue weighted by Gasteiger charge is 2.60. The number of Topliss-reactive ketones (excluding diaryl/α,β-unsaturated/α-hetero) is 1. The van der Waals surface area contributed by atoms with Crippen molar-refractivity contribution in [1.82, 2.24) is 5.32 Å². The fourth-order valence-electron chi connectivity index (χ4n) is 7.35. The number of rotatable bonds is 3. The molecule has 29 heavy (non-hydrogen) atoms. The van der Waals surface area contributed by atoms with E-state index in [9.17, 15) is 9.90 Å². The van der Waals surface area contributed by atoms with Gasteiger partial charge in [-0.1, -0.05) is 24.2 Å². The van der Waals surface area contributed by atoms with Gasteiger partial charge in [-0.2, -0.15) is 0 Å². The van der Waals surface area contributed by atoms with Crippen LogP contribution in [0.2, 0.25) is 0 Å². The highest BCUT2D eigenvalue weighted by Crippen LogP contribution is 2.65. The zero-order valence-electron chi connectivity index (χ0n) is 17.6. The number of hydrogen-bond donors (Lipinski definition) is 2. The predicted molar refractivity (Wildman–Crippen MR) is 112 cm³/mol. The molecule has 1 heterocycles. The van der Waals surface area contributed by atoms with Crippen molar-refractivity contribution in [3.63, 3.8) is 0 Å². The van der Waals surface area contributed by atoms with Crippen LogP contribution in [0.1, 0.15) is 58.3 Å². The van der Waals surface area contributed by atoms with Gasteiger partial charge in [-0.05, 0) is 74.5 Å². The zero-order chi connectivity index (χ0) is 20.2. The van der Waals surface area contributed by atoms with Crippen LogP contribution in [0.4, 0.5) is 0 Å².